The molecule has 148 valence electrons. The molecule has 10 heteroatoms. The molecule has 9 nitrogen and oxygen atoms in total. The Bertz CT molecular complexity index is 784. The maximum atomic E-state index is 11.1. The Balaban J connectivity index is 2.09. The van der Waals surface area contributed by atoms with Crippen LogP contribution in [0.15, 0.2) is 12.5 Å². The number of hydrogen-bond donors (Lipinski definition) is 1. The highest BCUT2D eigenvalue weighted by atomic mass is 28.3. The summed E-state index contributed by atoms with van der Waals surface area (Å²) in [5, 5.41) is 0. The molecule has 2 rings (SSSR count). The lowest BCUT2D eigenvalue weighted by molar-refractivity contribution is -0.146. The van der Waals surface area contributed by atoms with Crippen molar-refractivity contribution in [2.24, 2.45) is 5.92 Å². The monoisotopic (exact) mass is 393 g/mol. The average molecular weight is 394 g/mol. The number of nitrogens with zero attached hydrogens (tertiary/aromatic N) is 4. The number of fused-ring (bicyclic) bond motifs is 1. The number of aromatic nitrogens is 4. The van der Waals surface area contributed by atoms with Crippen LogP contribution in [0.5, 0.6) is 0 Å². The van der Waals surface area contributed by atoms with Crippen LogP contribution in [0.1, 0.15) is 20.3 Å². The molecule has 0 aliphatic rings. The molecule has 0 amide bonds. The van der Waals surface area contributed by atoms with E-state index >= 15 is 0 Å². The Hall–Kier alpha value is -2.49. The summed E-state index contributed by atoms with van der Waals surface area (Å²) in [5.41, 5.74) is 1.46. The normalized spacial score (nSPS) is 11.6. The van der Waals surface area contributed by atoms with Gasteiger partial charge in [-0.15, -0.1) is 0 Å². The van der Waals surface area contributed by atoms with E-state index in [2.05, 4.69) is 39.6 Å². The average Bonchev–Trinajstić information content (AvgIpc) is 2.94. The predicted molar refractivity (Wildman–Crippen MR) is 104 cm³/mol. The van der Waals surface area contributed by atoms with Gasteiger partial charge in [0.25, 0.3) is 0 Å². The van der Waals surface area contributed by atoms with Gasteiger partial charge >= 0.3 is 11.9 Å². The van der Waals surface area contributed by atoms with Crippen LogP contribution in [-0.4, -0.2) is 52.9 Å². The molecule has 0 saturated heterocycles. The van der Waals surface area contributed by atoms with E-state index in [1.165, 1.54) is 13.8 Å². The van der Waals surface area contributed by atoms with Crippen molar-refractivity contribution in [2.45, 2.75) is 46.5 Å². The third kappa shape index (κ3) is 6.97. The van der Waals surface area contributed by atoms with Crippen molar-refractivity contribution >= 4 is 37.3 Å². The fourth-order valence-electron chi connectivity index (χ4n) is 2.42. The van der Waals surface area contributed by atoms with Gasteiger partial charge in [-0.2, -0.15) is 4.98 Å². The molecule has 0 bridgehead atoms. The molecule has 2 aromatic heterocycles. The topological polar surface area (TPSA) is 108 Å². The number of ether oxygens (including phenoxy) is 2. The van der Waals surface area contributed by atoms with Gasteiger partial charge in [-0.1, -0.05) is 19.6 Å². The molecule has 0 aliphatic heterocycles. The van der Waals surface area contributed by atoms with Crippen molar-refractivity contribution in [3.05, 3.63) is 12.5 Å². The lowest BCUT2D eigenvalue weighted by Crippen LogP contribution is -2.33. The summed E-state index contributed by atoms with van der Waals surface area (Å²) in [6, 6.07) is 0. The summed E-state index contributed by atoms with van der Waals surface area (Å²) >= 11 is 0. The van der Waals surface area contributed by atoms with E-state index in [0.717, 1.165) is 5.65 Å². The van der Waals surface area contributed by atoms with Crippen LogP contribution < -0.4 is 4.98 Å². The fourth-order valence-corrected chi connectivity index (χ4v) is 3.21. The number of anilines is 1. The zero-order valence-corrected chi connectivity index (χ0v) is 17.5. The number of esters is 2. The quantitative estimate of drug-likeness (QED) is 0.510. The predicted octanol–water partition coefficient (Wildman–Crippen LogP) is 2.21. The number of rotatable bonds is 9. The number of nitrogens with one attached hydrogen (secondary N) is 1. The van der Waals surface area contributed by atoms with Gasteiger partial charge in [0.15, 0.2) is 5.65 Å². The van der Waals surface area contributed by atoms with Crippen molar-refractivity contribution in [2.75, 3.05) is 18.2 Å². The zero-order chi connectivity index (χ0) is 20.0. The van der Waals surface area contributed by atoms with Gasteiger partial charge in [0.05, 0.1) is 25.7 Å². The molecule has 1 N–H and O–H groups in total. The maximum Gasteiger partial charge on any atom is 0.302 e. The molecule has 0 fully saturated rings. The summed E-state index contributed by atoms with van der Waals surface area (Å²) in [5.74, 6) is -0.215. The van der Waals surface area contributed by atoms with E-state index in [-0.39, 0.29) is 31.1 Å². The second-order valence-corrected chi connectivity index (χ2v) is 12.2. The third-order valence-corrected chi connectivity index (χ3v) is 4.64. The molecule has 27 heavy (non-hydrogen) atoms. The first-order chi connectivity index (χ1) is 12.6. The Morgan fingerprint density at radius 3 is 2.33 bits per heavy atom. The molecule has 0 aliphatic carbocycles. The molecule has 0 saturated carbocycles. The Labute approximate surface area is 159 Å². The molecule has 0 unspecified atom stereocenters. The van der Waals surface area contributed by atoms with Crippen LogP contribution in [0.25, 0.3) is 11.2 Å². The Morgan fingerprint density at radius 1 is 1.15 bits per heavy atom. The van der Waals surface area contributed by atoms with Crippen molar-refractivity contribution in [1.29, 1.82) is 0 Å². The fraction of sp³-hybridized carbons (Fsp3) is 0.588. The minimum absolute atomic E-state index is 0.100. The summed E-state index contributed by atoms with van der Waals surface area (Å²) in [6.45, 7) is 10.2. The standard InChI is InChI=1S/C17H27N5O4Si/c1-12(23)25-9-14(10-26-13(2)24)6-7-22-11-19-15-8-18-17(20-16(15)22)21-27(3,4)5/h8,11,14H,6-7,9-10H2,1-5H3,(H,18,20,21). The van der Waals surface area contributed by atoms with Crippen molar-refractivity contribution < 1.29 is 19.1 Å². The molecule has 2 heterocycles. The largest absolute Gasteiger partial charge is 0.465 e. The van der Waals surface area contributed by atoms with Crippen LogP contribution in [0, 0.1) is 5.92 Å². The number of hydrogen-bond acceptors (Lipinski definition) is 8. The second kappa shape index (κ2) is 8.93. The number of aryl methyl sites for hydroxylation is 1. The zero-order valence-electron chi connectivity index (χ0n) is 16.5. The van der Waals surface area contributed by atoms with E-state index in [9.17, 15) is 9.59 Å². The smallest absolute Gasteiger partial charge is 0.302 e. The van der Waals surface area contributed by atoms with E-state index in [1.807, 2.05) is 4.57 Å². The first-order valence-electron chi connectivity index (χ1n) is 8.87. The minimum atomic E-state index is -1.56. The highest BCUT2D eigenvalue weighted by Gasteiger charge is 2.17. The van der Waals surface area contributed by atoms with Crippen molar-refractivity contribution in [3.63, 3.8) is 0 Å². The molecule has 0 radical (unpaired) electrons. The highest BCUT2D eigenvalue weighted by Crippen LogP contribution is 2.16. The molecular weight excluding hydrogens is 366 g/mol. The molecule has 0 spiro atoms. The second-order valence-electron chi connectivity index (χ2n) is 7.48. The number of carbonyl (C=O) groups is 2. The molecule has 2 aromatic rings. The summed E-state index contributed by atoms with van der Waals surface area (Å²) in [7, 11) is -1.56. The van der Waals surface area contributed by atoms with E-state index in [0.29, 0.717) is 24.4 Å². The van der Waals surface area contributed by atoms with Crippen molar-refractivity contribution in [3.8, 4) is 0 Å². The van der Waals surface area contributed by atoms with Gasteiger partial charge in [0, 0.05) is 26.3 Å². The van der Waals surface area contributed by atoms with Gasteiger partial charge < -0.3 is 19.0 Å². The van der Waals surface area contributed by atoms with Gasteiger partial charge in [-0.3, -0.25) is 9.59 Å². The molecular formula is C17H27N5O4Si. The van der Waals surface area contributed by atoms with E-state index in [4.69, 9.17) is 9.47 Å². The van der Waals surface area contributed by atoms with E-state index in [1.54, 1.807) is 12.5 Å². The van der Waals surface area contributed by atoms with Crippen LogP contribution in [-0.2, 0) is 25.6 Å². The molecule has 0 atom stereocenters. The number of carbonyl (C=O) groups excluding carboxylic acids is 2. The van der Waals surface area contributed by atoms with Crippen molar-refractivity contribution in [1.82, 2.24) is 19.5 Å². The van der Waals surface area contributed by atoms with Crippen LogP contribution >= 0.6 is 0 Å². The SMILES string of the molecule is CC(=O)OCC(CCn1cnc2cnc(N[Si](C)(C)C)nc21)COC(C)=O. The molecule has 0 aromatic carbocycles. The number of imidazole rings is 1. The van der Waals surface area contributed by atoms with Crippen LogP contribution in [0.3, 0.4) is 0 Å². The van der Waals surface area contributed by atoms with Gasteiger partial charge in [-0.05, 0) is 6.42 Å². The van der Waals surface area contributed by atoms with Gasteiger partial charge in [0.2, 0.25) is 5.95 Å². The van der Waals surface area contributed by atoms with Crippen LogP contribution in [0.2, 0.25) is 19.6 Å². The summed E-state index contributed by atoms with van der Waals surface area (Å²) in [4.78, 5) is 38.8. The highest BCUT2D eigenvalue weighted by molar-refractivity contribution is 6.79. The van der Waals surface area contributed by atoms with Gasteiger partial charge in [0.1, 0.15) is 13.8 Å². The lowest BCUT2D eigenvalue weighted by atomic mass is 10.1. The summed E-state index contributed by atoms with van der Waals surface area (Å²) < 4.78 is 12.1. The first-order valence-corrected chi connectivity index (χ1v) is 12.4. The third-order valence-electron chi connectivity index (χ3n) is 3.67. The first kappa shape index (κ1) is 20.8. The van der Waals surface area contributed by atoms with Gasteiger partial charge in [-0.25, -0.2) is 9.97 Å². The minimum Gasteiger partial charge on any atom is -0.465 e. The summed E-state index contributed by atoms with van der Waals surface area (Å²) in [6.07, 6.45) is 4.07. The van der Waals surface area contributed by atoms with E-state index < -0.39 is 8.24 Å². The maximum absolute atomic E-state index is 11.1. The Morgan fingerprint density at radius 2 is 1.78 bits per heavy atom. The van der Waals surface area contributed by atoms with Crippen LogP contribution in [0.4, 0.5) is 5.95 Å². The Kier molecular flexibility index (Phi) is 6.89. The lowest BCUT2D eigenvalue weighted by Gasteiger charge is -2.18.